The van der Waals surface area contributed by atoms with Crippen molar-refractivity contribution >= 4 is 50.7 Å². The summed E-state index contributed by atoms with van der Waals surface area (Å²) in [7, 11) is -2.85. The van der Waals surface area contributed by atoms with Gasteiger partial charge in [-0.3, -0.25) is 13.9 Å². The highest BCUT2D eigenvalue weighted by Crippen LogP contribution is 2.33. The molecule has 1 N–H and O–H groups in total. The summed E-state index contributed by atoms with van der Waals surface area (Å²) in [5.41, 5.74) is 2.43. The summed E-state index contributed by atoms with van der Waals surface area (Å²) in [5, 5.41) is 3.70. The van der Waals surface area contributed by atoms with E-state index in [-0.39, 0.29) is 41.1 Å². The minimum absolute atomic E-state index is 0.00427. The SMILES string of the molecule is COc1ccccc1N(CC(=O)N(Cc1ccc(Cl)cc1Cl)C(Cc1ccccc1)C(=O)NCC(C)C)S(=O)(=O)c1ccc(C)cc1. The number of aryl methyl sites for hydroxylation is 1. The van der Waals surface area contributed by atoms with Crippen molar-refractivity contribution in [2.75, 3.05) is 24.5 Å². The minimum Gasteiger partial charge on any atom is -0.495 e. The van der Waals surface area contributed by atoms with E-state index in [1.54, 1.807) is 54.6 Å². The van der Waals surface area contributed by atoms with Crippen LogP contribution in [0.4, 0.5) is 5.69 Å². The molecule has 0 radical (unpaired) electrons. The number of carbonyl (C=O) groups excluding carboxylic acids is 2. The summed E-state index contributed by atoms with van der Waals surface area (Å²) in [5.74, 6) is -0.560. The first-order chi connectivity index (χ1) is 22.4. The number of rotatable bonds is 14. The van der Waals surface area contributed by atoms with Crippen molar-refractivity contribution in [2.45, 2.75) is 44.7 Å². The highest BCUT2D eigenvalue weighted by atomic mass is 35.5. The highest BCUT2D eigenvalue weighted by Gasteiger charge is 2.35. The van der Waals surface area contributed by atoms with Crippen LogP contribution in [-0.2, 0) is 32.6 Å². The second-order valence-corrected chi connectivity index (χ2v) is 14.3. The van der Waals surface area contributed by atoms with E-state index < -0.39 is 28.5 Å². The number of sulfonamides is 1. The Morgan fingerprint density at radius 1 is 0.894 bits per heavy atom. The van der Waals surface area contributed by atoms with Gasteiger partial charge in [0.1, 0.15) is 18.3 Å². The number of methoxy groups -OCH3 is 1. The lowest BCUT2D eigenvalue weighted by atomic mass is 10.0. The fourth-order valence-corrected chi connectivity index (χ4v) is 6.89. The van der Waals surface area contributed by atoms with Crippen LogP contribution in [0, 0.1) is 12.8 Å². The molecule has 0 aliphatic heterocycles. The van der Waals surface area contributed by atoms with Gasteiger partial charge in [-0.2, -0.15) is 0 Å². The number of carbonyl (C=O) groups is 2. The Kier molecular flexibility index (Phi) is 12.3. The van der Waals surface area contributed by atoms with Crippen molar-refractivity contribution in [1.29, 1.82) is 0 Å². The molecule has 1 unspecified atom stereocenters. The van der Waals surface area contributed by atoms with Gasteiger partial charge in [0.05, 0.1) is 17.7 Å². The summed E-state index contributed by atoms with van der Waals surface area (Å²) in [6.45, 7) is 5.50. The van der Waals surface area contributed by atoms with E-state index in [9.17, 15) is 18.0 Å². The minimum atomic E-state index is -4.28. The molecule has 0 spiro atoms. The number of nitrogens with one attached hydrogen (secondary N) is 1. The van der Waals surface area contributed by atoms with E-state index in [1.165, 1.54) is 24.1 Å². The van der Waals surface area contributed by atoms with Gasteiger partial charge in [-0.15, -0.1) is 0 Å². The van der Waals surface area contributed by atoms with Crippen molar-refractivity contribution < 1.29 is 22.7 Å². The standard InChI is InChI=1S/C36H39Cl2N3O5S/c1-25(2)22-39-36(43)33(20-27-10-6-5-7-11-27)40(23-28-16-17-29(37)21-31(28)38)35(42)24-41(32-12-8-9-13-34(32)46-4)47(44,45)30-18-14-26(3)15-19-30/h5-19,21,25,33H,20,22-24H2,1-4H3,(H,39,43). The summed E-state index contributed by atoms with van der Waals surface area (Å²) < 4.78 is 35.1. The molecular weight excluding hydrogens is 657 g/mol. The predicted octanol–water partition coefficient (Wildman–Crippen LogP) is 6.92. The Labute approximate surface area is 287 Å². The quantitative estimate of drug-likeness (QED) is 0.155. The largest absolute Gasteiger partial charge is 0.495 e. The van der Waals surface area contributed by atoms with Crippen LogP contribution < -0.4 is 14.4 Å². The number of amides is 2. The molecule has 248 valence electrons. The fraction of sp³-hybridized carbons (Fsp3) is 0.278. The monoisotopic (exact) mass is 695 g/mol. The maximum absolute atomic E-state index is 14.6. The molecule has 0 fully saturated rings. The van der Waals surface area contributed by atoms with Crippen molar-refractivity contribution in [3.63, 3.8) is 0 Å². The molecule has 4 aromatic carbocycles. The molecule has 8 nitrogen and oxygen atoms in total. The molecule has 1 atom stereocenters. The van der Waals surface area contributed by atoms with Crippen molar-refractivity contribution in [2.24, 2.45) is 5.92 Å². The molecule has 0 bridgehead atoms. The van der Waals surface area contributed by atoms with Gasteiger partial charge in [-0.1, -0.05) is 103 Å². The number of hydrogen-bond acceptors (Lipinski definition) is 5. The molecule has 0 heterocycles. The molecule has 0 aromatic heterocycles. The van der Waals surface area contributed by atoms with Gasteiger partial charge in [0.15, 0.2) is 0 Å². The van der Waals surface area contributed by atoms with E-state index in [0.717, 1.165) is 15.4 Å². The Hall–Kier alpha value is -4.05. The summed E-state index contributed by atoms with van der Waals surface area (Å²) in [6.07, 6.45) is 0.182. The Bertz CT molecular complexity index is 1780. The van der Waals surface area contributed by atoms with E-state index in [2.05, 4.69) is 5.32 Å². The first-order valence-electron chi connectivity index (χ1n) is 15.2. The first-order valence-corrected chi connectivity index (χ1v) is 17.4. The maximum atomic E-state index is 14.6. The normalized spacial score (nSPS) is 12.0. The Balaban J connectivity index is 1.84. The van der Waals surface area contributed by atoms with Gasteiger partial charge in [-0.25, -0.2) is 8.42 Å². The van der Waals surface area contributed by atoms with Gasteiger partial charge in [0.2, 0.25) is 11.8 Å². The molecule has 0 aliphatic carbocycles. The lowest BCUT2D eigenvalue weighted by molar-refractivity contribution is -0.140. The Morgan fingerprint density at radius 2 is 1.55 bits per heavy atom. The molecule has 0 aliphatic rings. The molecule has 4 aromatic rings. The van der Waals surface area contributed by atoms with Crippen molar-refractivity contribution in [3.8, 4) is 5.75 Å². The molecule has 47 heavy (non-hydrogen) atoms. The van der Waals surface area contributed by atoms with Gasteiger partial charge in [0, 0.05) is 29.6 Å². The van der Waals surface area contributed by atoms with Crippen molar-refractivity contribution in [1.82, 2.24) is 10.2 Å². The average molecular weight is 697 g/mol. The van der Waals surface area contributed by atoms with E-state index >= 15 is 0 Å². The number of ether oxygens (including phenoxy) is 1. The van der Waals surface area contributed by atoms with Crippen LogP contribution in [0.1, 0.15) is 30.5 Å². The number of halogens is 2. The number of benzene rings is 4. The molecule has 11 heteroatoms. The molecule has 0 saturated heterocycles. The van der Waals surface area contributed by atoms with Crippen LogP contribution in [0.25, 0.3) is 0 Å². The van der Waals surface area contributed by atoms with E-state index in [0.29, 0.717) is 22.2 Å². The third-order valence-corrected chi connectivity index (χ3v) is 9.91. The number of nitrogens with zero attached hydrogens (tertiary/aromatic N) is 2. The van der Waals surface area contributed by atoms with Crippen LogP contribution in [0.15, 0.2) is 102 Å². The lowest BCUT2D eigenvalue weighted by Crippen LogP contribution is -2.53. The topological polar surface area (TPSA) is 96.0 Å². The molecule has 0 saturated carbocycles. The third-order valence-electron chi connectivity index (χ3n) is 7.55. The van der Waals surface area contributed by atoms with Crippen LogP contribution in [0.5, 0.6) is 5.75 Å². The number of anilines is 1. The number of para-hydroxylation sites is 2. The smallest absolute Gasteiger partial charge is 0.264 e. The summed E-state index contributed by atoms with van der Waals surface area (Å²) in [4.78, 5) is 30.0. The zero-order valence-electron chi connectivity index (χ0n) is 26.8. The summed E-state index contributed by atoms with van der Waals surface area (Å²) >= 11 is 12.8. The van der Waals surface area contributed by atoms with Crippen LogP contribution >= 0.6 is 23.2 Å². The van der Waals surface area contributed by atoms with Gasteiger partial charge >= 0.3 is 0 Å². The fourth-order valence-electron chi connectivity index (χ4n) is 5.00. The predicted molar refractivity (Wildman–Crippen MR) is 187 cm³/mol. The van der Waals surface area contributed by atoms with E-state index in [4.69, 9.17) is 27.9 Å². The zero-order chi connectivity index (χ0) is 34.1. The van der Waals surface area contributed by atoms with E-state index in [1.807, 2.05) is 51.1 Å². The second kappa shape index (κ2) is 16.2. The molecule has 4 rings (SSSR count). The van der Waals surface area contributed by atoms with Crippen LogP contribution in [0.2, 0.25) is 10.0 Å². The Morgan fingerprint density at radius 3 is 2.19 bits per heavy atom. The van der Waals surface area contributed by atoms with Crippen LogP contribution in [-0.4, -0.2) is 51.4 Å². The van der Waals surface area contributed by atoms with Crippen LogP contribution in [0.3, 0.4) is 0 Å². The van der Waals surface area contributed by atoms with Gasteiger partial charge < -0.3 is 15.0 Å². The average Bonchev–Trinajstić information content (AvgIpc) is 3.05. The summed E-state index contributed by atoms with van der Waals surface area (Å²) in [6, 6.07) is 26.2. The molecular formula is C36H39Cl2N3O5S. The van der Waals surface area contributed by atoms with Gasteiger partial charge in [0.25, 0.3) is 10.0 Å². The first kappa shape index (κ1) is 35.8. The molecule has 2 amide bonds. The third kappa shape index (κ3) is 9.28. The second-order valence-electron chi connectivity index (χ2n) is 11.6. The highest BCUT2D eigenvalue weighted by molar-refractivity contribution is 7.92. The van der Waals surface area contributed by atoms with Crippen molar-refractivity contribution in [3.05, 3.63) is 124 Å². The zero-order valence-corrected chi connectivity index (χ0v) is 29.1. The number of hydrogen-bond donors (Lipinski definition) is 1. The lowest BCUT2D eigenvalue weighted by Gasteiger charge is -2.34. The maximum Gasteiger partial charge on any atom is 0.264 e. The van der Waals surface area contributed by atoms with Gasteiger partial charge in [-0.05, 0) is 60.4 Å².